The number of fused-ring (bicyclic) bond motifs is 1. The standard InChI is InChI=1S/C23H33N3O4S/c1-17-8-7-13-25(15-17)31(29,30)18-9-10-20-19(14-18)23(2,3)22(28)26(20)16-21(27)24-11-5-4-6-12-24/h9-10,14,17H,4-8,11-13,15-16H2,1-3H3/t17-/m1/s1. The van der Waals surface area contributed by atoms with Crippen molar-refractivity contribution in [2.45, 2.75) is 63.2 Å². The lowest BCUT2D eigenvalue weighted by molar-refractivity contribution is -0.132. The summed E-state index contributed by atoms with van der Waals surface area (Å²) in [4.78, 5) is 29.6. The van der Waals surface area contributed by atoms with Crippen LogP contribution in [0.3, 0.4) is 0 Å². The first kappa shape index (κ1) is 22.3. The predicted octanol–water partition coefficient (Wildman–Crippen LogP) is 2.74. The summed E-state index contributed by atoms with van der Waals surface area (Å²) in [6.07, 6.45) is 5.03. The molecule has 0 bridgehead atoms. The third-order valence-corrected chi connectivity index (χ3v) is 8.83. The first-order valence-corrected chi connectivity index (χ1v) is 12.8. The molecule has 7 nitrogen and oxygen atoms in total. The lowest BCUT2D eigenvalue weighted by Gasteiger charge is -2.30. The molecule has 2 saturated heterocycles. The summed E-state index contributed by atoms with van der Waals surface area (Å²) >= 11 is 0. The van der Waals surface area contributed by atoms with Crippen LogP contribution in [0.25, 0.3) is 0 Å². The monoisotopic (exact) mass is 447 g/mol. The number of carbonyl (C=O) groups is 2. The first-order chi connectivity index (χ1) is 14.6. The topological polar surface area (TPSA) is 78.0 Å². The molecule has 0 radical (unpaired) electrons. The molecule has 1 atom stereocenters. The third-order valence-electron chi connectivity index (χ3n) is 6.97. The maximum atomic E-state index is 13.3. The van der Waals surface area contributed by atoms with Gasteiger partial charge in [-0.25, -0.2) is 8.42 Å². The van der Waals surface area contributed by atoms with E-state index in [1.807, 2.05) is 4.90 Å². The van der Waals surface area contributed by atoms with Gasteiger partial charge >= 0.3 is 0 Å². The van der Waals surface area contributed by atoms with Crippen LogP contribution in [0, 0.1) is 5.92 Å². The number of hydrogen-bond acceptors (Lipinski definition) is 4. The zero-order chi connectivity index (χ0) is 22.4. The SMILES string of the molecule is C[C@@H]1CCCN(S(=O)(=O)c2ccc3c(c2)C(C)(C)C(=O)N3CC(=O)N2CCCCC2)C1. The van der Waals surface area contributed by atoms with Gasteiger partial charge in [0.15, 0.2) is 0 Å². The maximum Gasteiger partial charge on any atom is 0.243 e. The normalized spacial score (nSPS) is 24.4. The molecule has 1 aromatic rings. The van der Waals surface area contributed by atoms with E-state index in [2.05, 4.69) is 6.92 Å². The van der Waals surface area contributed by atoms with Gasteiger partial charge in [-0.2, -0.15) is 4.31 Å². The van der Waals surface area contributed by atoms with Crippen LogP contribution < -0.4 is 4.90 Å². The molecule has 31 heavy (non-hydrogen) atoms. The Morgan fingerprint density at radius 2 is 1.81 bits per heavy atom. The average Bonchev–Trinajstić information content (AvgIpc) is 2.94. The van der Waals surface area contributed by atoms with E-state index in [0.717, 1.165) is 45.2 Å². The van der Waals surface area contributed by atoms with Crippen molar-refractivity contribution in [3.8, 4) is 0 Å². The Kier molecular flexibility index (Phi) is 5.89. The molecule has 1 aromatic carbocycles. The van der Waals surface area contributed by atoms with E-state index in [-0.39, 0.29) is 23.3 Å². The van der Waals surface area contributed by atoms with Gasteiger partial charge in [-0.15, -0.1) is 0 Å². The minimum Gasteiger partial charge on any atom is -0.341 e. The molecule has 0 spiro atoms. The molecular weight excluding hydrogens is 414 g/mol. The average molecular weight is 448 g/mol. The molecule has 0 saturated carbocycles. The van der Waals surface area contributed by atoms with Crippen molar-refractivity contribution in [1.82, 2.24) is 9.21 Å². The molecule has 0 unspecified atom stereocenters. The van der Waals surface area contributed by atoms with Gasteiger partial charge in [0, 0.05) is 31.9 Å². The number of amides is 2. The Balaban J connectivity index is 1.62. The zero-order valence-electron chi connectivity index (χ0n) is 18.8. The summed E-state index contributed by atoms with van der Waals surface area (Å²) < 4.78 is 28.1. The highest BCUT2D eigenvalue weighted by molar-refractivity contribution is 7.89. The number of sulfonamides is 1. The fourth-order valence-electron chi connectivity index (χ4n) is 5.02. The maximum absolute atomic E-state index is 13.3. The van der Waals surface area contributed by atoms with E-state index in [1.165, 1.54) is 4.90 Å². The molecule has 4 rings (SSSR count). The van der Waals surface area contributed by atoms with Crippen LogP contribution >= 0.6 is 0 Å². The van der Waals surface area contributed by atoms with E-state index in [0.29, 0.717) is 30.3 Å². The van der Waals surface area contributed by atoms with Crippen LogP contribution in [0.2, 0.25) is 0 Å². The summed E-state index contributed by atoms with van der Waals surface area (Å²) in [6, 6.07) is 4.93. The van der Waals surface area contributed by atoms with Gasteiger partial charge in [0.25, 0.3) is 0 Å². The van der Waals surface area contributed by atoms with Crippen LogP contribution in [0.4, 0.5) is 5.69 Å². The van der Waals surface area contributed by atoms with Crippen molar-refractivity contribution in [1.29, 1.82) is 0 Å². The van der Waals surface area contributed by atoms with Gasteiger partial charge < -0.3 is 9.80 Å². The minimum absolute atomic E-state index is 0.00496. The number of likely N-dealkylation sites (tertiary alicyclic amines) is 1. The molecule has 170 valence electrons. The van der Waals surface area contributed by atoms with Crippen LogP contribution in [-0.4, -0.2) is 62.2 Å². The van der Waals surface area contributed by atoms with Gasteiger partial charge in [-0.05, 0) is 75.6 Å². The largest absolute Gasteiger partial charge is 0.341 e. The lowest BCUT2D eigenvalue weighted by Crippen LogP contribution is -2.45. The molecule has 3 heterocycles. The Hall–Kier alpha value is -1.93. The summed E-state index contributed by atoms with van der Waals surface area (Å²) in [6.45, 7) is 8.22. The Morgan fingerprint density at radius 3 is 2.48 bits per heavy atom. The number of rotatable bonds is 4. The quantitative estimate of drug-likeness (QED) is 0.711. The van der Waals surface area contributed by atoms with Gasteiger partial charge in [-0.1, -0.05) is 6.92 Å². The Bertz CT molecular complexity index is 983. The molecular formula is C23H33N3O4S. The van der Waals surface area contributed by atoms with E-state index in [4.69, 9.17) is 0 Å². The number of carbonyl (C=O) groups excluding carboxylic acids is 2. The van der Waals surface area contributed by atoms with Gasteiger partial charge in [-0.3, -0.25) is 9.59 Å². The summed E-state index contributed by atoms with van der Waals surface area (Å²) in [5.74, 6) is 0.136. The highest BCUT2D eigenvalue weighted by Crippen LogP contribution is 2.43. The van der Waals surface area contributed by atoms with Gasteiger partial charge in [0.1, 0.15) is 6.54 Å². The van der Waals surface area contributed by atoms with Crippen molar-refractivity contribution in [3.63, 3.8) is 0 Å². The summed E-state index contributed by atoms with van der Waals surface area (Å²) in [5.41, 5.74) is 0.444. The van der Waals surface area contributed by atoms with E-state index in [1.54, 1.807) is 36.4 Å². The van der Waals surface area contributed by atoms with E-state index < -0.39 is 15.4 Å². The van der Waals surface area contributed by atoms with Crippen molar-refractivity contribution in [2.24, 2.45) is 5.92 Å². The molecule has 8 heteroatoms. The van der Waals surface area contributed by atoms with Gasteiger partial charge in [0.2, 0.25) is 21.8 Å². The van der Waals surface area contributed by atoms with Crippen LogP contribution in [0.1, 0.15) is 58.4 Å². The molecule has 0 aliphatic carbocycles. The summed E-state index contributed by atoms with van der Waals surface area (Å²) in [7, 11) is -3.61. The fraction of sp³-hybridized carbons (Fsp3) is 0.652. The number of hydrogen-bond donors (Lipinski definition) is 0. The second-order valence-corrected chi connectivity index (χ2v) is 11.7. The van der Waals surface area contributed by atoms with Gasteiger partial charge in [0.05, 0.1) is 10.3 Å². The zero-order valence-corrected chi connectivity index (χ0v) is 19.6. The number of piperidine rings is 2. The Morgan fingerprint density at radius 1 is 1.10 bits per heavy atom. The molecule has 3 aliphatic heterocycles. The highest BCUT2D eigenvalue weighted by atomic mass is 32.2. The molecule has 3 aliphatic rings. The van der Waals surface area contributed by atoms with Crippen molar-refractivity contribution >= 4 is 27.5 Å². The second kappa shape index (κ2) is 8.20. The predicted molar refractivity (Wildman–Crippen MR) is 119 cm³/mol. The van der Waals surface area contributed by atoms with Crippen molar-refractivity contribution < 1.29 is 18.0 Å². The number of anilines is 1. The van der Waals surface area contributed by atoms with Crippen LogP contribution in [0.15, 0.2) is 23.1 Å². The molecule has 2 fully saturated rings. The Labute approximate surface area is 185 Å². The summed E-state index contributed by atoms with van der Waals surface area (Å²) in [5, 5.41) is 0. The van der Waals surface area contributed by atoms with Crippen molar-refractivity contribution in [2.75, 3.05) is 37.6 Å². The molecule has 0 N–H and O–H groups in total. The highest BCUT2D eigenvalue weighted by Gasteiger charge is 2.45. The van der Waals surface area contributed by atoms with Crippen LogP contribution in [-0.2, 0) is 25.0 Å². The second-order valence-electron chi connectivity index (χ2n) is 9.75. The first-order valence-electron chi connectivity index (χ1n) is 11.4. The van der Waals surface area contributed by atoms with E-state index >= 15 is 0 Å². The molecule has 2 amide bonds. The van der Waals surface area contributed by atoms with Crippen molar-refractivity contribution in [3.05, 3.63) is 23.8 Å². The fourth-order valence-corrected chi connectivity index (χ4v) is 6.65. The smallest absolute Gasteiger partial charge is 0.243 e. The lowest BCUT2D eigenvalue weighted by atomic mass is 9.86. The number of nitrogens with zero attached hydrogens (tertiary/aromatic N) is 3. The van der Waals surface area contributed by atoms with Crippen LogP contribution in [0.5, 0.6) is 0 Å². The third kappa shape index (κ3) is 4.00. The molecule has 0 aromatic heterocycles. The van der Waals surface area contributed by atoms with E-state index in [9.17, 15) is 18.0 Å². The number of benzene rings is 1. The minimum atomic E-state index is -3.61.